The van der Waals surface area contributed by atoms with E-state index >= 15 is 0 Å². The molecule has 0 bridgehead atoms. The van der Waals surface area contributed by atoms with Gasteiger partial charge in [0, 0.05) is 16.1 Å². The third-order valence-electron chi connectivity index (χ3n) is 3.52. The number of rotatable bonds is 4. The van der Waals surface area contributed by atoms with E-state index in [-0.39, 0.29) is 17.4 Å². The molecule has 0 radical (unpaired) electrons. The Labute approximate surface area is 157 Å². The number of methoxy groups -OCH3 is 1. The average Bonchev–Trinajstić information content (AvgIpc) is 3.16. The van der Waals surface area contributed by atoms with Crippen LogP contribution in [0.2, 0.25) is 0 Å². The van der Waals surface area contributed by atoms with E-state index in [9.17, 15) is 9.59 Å². The number of furan rings is 1. The van der Waals surface area contributed by atoms with Gasteiger partial charge in [-0.05, 0) is 36.5 Å². The Kier molecular flexibility index (Phi) is 5.00. The van der Waals surface area contributed by atoms with Crippen LogP contribution in [0.5, 0.6) is 0 Å². The highest BCUT2D eigenvalue weighted by Crippen LogP contribution is 2.25. The van der Waals surface area contributed by atoms with Crippen molar-refractivity contribution in [3.63, 3.8) is 0 Å². The van der Waals surface area contributed by atoms with Crippen molar-refractivity contribution in [3.8, 4) is 11.3 Å². The second-order valence-electron chi connectivity index (χ2n) is 5.16. The Bertz CT molecular complexity index is 873. The molecular weight excluding hydrogens is 408 g/mol. The quantitative estimate of drug-likeness (QED) is 0.465. The summed E-state index contributed by atoms with van der Waals surface area (Å²) < 4.78 is 11.3. The van der Waals surface area contributed by atoms with Gasteiger partial charge in [0.25, 0.3) is 5.91 Å². The zero-order valence-electron chi connectivity index (χ0n) is 13.1. The molecule has 0 unspecified atom stereocenters. The number of carbonyl (C=O) groups is 2. The average molecular weight is 421 g/mol. The van der Waals surface area contributed by atoms with E-state index in [1.54, 1.807) is 12.1 Å². The molecule has 0 saturated carbocycles. The number of amides is 1. The number of carbonyl (C=O) groups excluding carboxylic acids is 2. The van der Waals surface area contributed by atoms with E-state index in [4.69, 9.17) is 16.6 Å². The molecule has 1 aromatic heterocycles. The summed E-state index contributed by atoms with van der Waals surface area (Å²) in [6.07, 6.45) is 1.55. The number of benzene rings is 1. The number of nitrogens with zero attached hydrogens (tertiary/aromatic N) is 1. The molecule has 1 fully saturated rings. The van der Waals surface area contributed by atoms with Gasteiger partial charge in [0.1, 0.15) is 23.8 Å². The SMILES string of the molecule is COC(=O)CN1C(=O)/C(=C/c2ccc(-c3ccc(Br)cc3)o2)NC1=S. The molecule has 6 nitrogen and oxygen atoms in total. The summed E-state index contributed by atoms with van der Waals surface area (Å²) in [5.41, 5.74) is 1.16. The van der Waals surface area contributed by atoms with E-state index in [2.05, 4.69) is 26.0 Å². The molecule has 1 saturated heterocycles. The summed E-state index contributed by atoms with van der Waals surface area (Å²) >= 11 is 8.47. The molecule has 1 aliphatic heterocycles. The second kappa shape index (κ2) is 7.20. The molecular formula is C17H13BrN2O4S. The lowest BCUT2D eigenvalue weighted by atomic mass is 10.2. The van der Waals surface area contributed by atoms with Gasteiger partial charge >= 0.3 is 5.97 Å². The summed E-state index contributed by atoms with van der Waals surface area (Å²) in [4.78, 5) is 24.8. The van der Waals surface area contributed by atoms with Crippen molar-refractivity contribution in [2.24, 2.45) is 0 Å². The van der Waals surface area contributed by atoms with Gasteiger partial charge in [0.05, 0.1) is 7.11 Å². The summed E-state index contributed by atoms with van der Waals surface area (Å²) in [5, 5.41) is 2.94. The maximum Gasteiger partial charge on any atom is 0.325 e. The van der Waals surface area contributed by atoms with Crippen molar-refractivity contribution in [1.29, 1.82) is 0 Å². The molecule has 1 N–H and O–H groups in total. The van der Waals surface area contributed by atoms with Gasteiger partial charge in [-0.3, -0.25) is 14.5 Å². The molecule has 1 aromatic carbocycles. The van der Waals surface area contributed by atoms with Crippen molar-refractivity contribution in [1.82, 2.24) is 10.2 Å². The minimum Gasteiger partial charge on any atom is -0.468 e. The summed E-state index contributed by atoms with van der Waals surface area (Å²) in [6, 6.07) is 11.3. The van der Waals surface area contributed by atoms with Gasteiger partial charge < -0.3 is 14.5 Å². The predicted octanol–water partition coefficient (Wildman–Crippen LogP) is 2.94. The Morgan fingerprint density at radius 3 is 2.72 bits per heavy atom. The van der Waals surface area contributed by atoms with Crippen LogP contribution >= 0.6 is 28.1 Å². The highest BCUT2D eigenvalue weighted by molar-refractivity contribution is 9.10. The number of esters is 1. The highest BCUT2D eigenvalue weighted by Gasteiger charge is 2.32. The van der Waals surface area contributed by atoms with Gasteiger partial charge in [-0.25, -0.2) is 0 Å². The van der Waals surface area contributed by atoms with Crippen LogP contribution < -0.4 is 5.32 Å². The van der Waals surface area contributed by atoms with Crippen molar-refractivity contribution < 1.29 is 18.7 Å². The predicted molar refractivity (Wildman–Crippen MR) is 99.3 cm³/mol. The van der Waals surface area contributed by atoms with Crippen LogP contribution in [0.15, 0.2) is 51.0 Å². The Morgan fingerprint density at radius 2 is 2.04 bits per heavy atom. The van der Waals surface area contributed by atoms with E-state index < -0.39 is 11.9 Å². The lowest BCUT2D eigenvalue weighted by molar-refractivity contribution is -0.143. The fraction of sp³-hybridized carbons (Fsp3) is 0.118. The van der Waals surface area contributed by atoms with Crippen molar-refractivity contribution >= 4 is 51.2 Å². The minimum atomic E-state index is -0.547. The topological polar surface area (TPSA) is 71.8 Å². The second-order valence-corrected chi connectivity index (χ2v) is 6.47. The van der Waals surface area contributed by atoms with Gasteiger partial charge in [-0.2, -0.15) is 0 Å². The van der Waals surface area contributed by atoms with Crippen LogP contribution in [0, 0.1) is 0 Å². The number of ether oxygens (including phenoxy) is 1. The molecule has 0 aliphatic carbocycles. The minimum absolute atomic E-state index is 0.154. The van der Waals surface area contributed by atoms with E-state index in [1.807, 2.05) is 30.3 Å². The first-order chi connectivity index (χ1) is 12.0. The van der Waals surface area contributed by atoms with Crippen molar-refractivity contribution in [2.45, 2.75) is 0 Å². The first-order valence-corrected chi connectivity index (χ1v) is 8.45. The molecule has 25 heavy (non-hydrogen) atoms. The van der Waals surface area contributed by atoms with E-state index in [0.717, 1.165) is 14.9 Å². The Balaban J connectivity index is 1.79. The summed E-state index contributed by atoms with van der Waals surface area (Å²) in [7, 11) is 1.25. The smallest absolute Gasteiger partial charge is 0.325 e. The lowest BCUT2D eigenvalue weighted by Crippen LogP contribution is -2.35. The lowest BCUT2D eigenvalue weighted by Gasteiger charge is -2.11. The normalized spacial score (nSPS) is 15.6. The van der Waals surface area contributed by atoms with E-state index in [0.29, 0.717) is 11.5 Å². The van der Waals surface area contributed by atoms with Crippen molar-refractivity contribution in [3.05, 3.63) is 52.3 Å². The van der Waals surface area contributed by atoms with Gasteiger partial charge in [0.2, 0.25) is 0 Å². The fourth-order valence-corrected chi connectivity index (χ4v) is 2.77. The Morgan fingerprint density at radius 1 is 1.32 bits per heavy atom. The number of halogens is 1. The number of nitrogens with one attached hydrogen (secondary N) is 1. The van der Waals surface area contributed by atoms with Crippen LogP contribution in [0.3, 0.4) is 0 Å². The first-order valence-electron chi connectivity index (χ1n) is 7.25. The van der Waals surface area contributed by atoms with Gasteiger partial charge in [-0.15, -0.1) is 0 Å². The van der Waals surface area contributed by atoms with E-state index in [1.165, 1.54) is 7.11 Å². The molecule has 1 aliphatic rings. The molecule has 1 amide bonds. The van der Waals surface area contributed by atoms with Crippen LogP contribution in [0.4, 0.5) is 0 Å². The molecule has 128 valence electrons. The van der Waals surface area contributed by atoms with Crippen molar-refractivity contribution in [2.75, 3.05) is 13.7 Å². The number of hydrogen-bond donors (Lipinski definition) is 1. The van der Waals surface area contributed by atoms with Crippen LogP contribution in [-0.4, -0.2) is 35.5 Å². The molecule has 2 heterocycles. The molecule has 8 heteroatoms. The van der Waals surface area contributed by atoms with Crippen LogP contribution in [0.1, 0.15) is 5.76 Å². The summed E-state index contributed by atoms with van der Waals surface area (Å²) in [5.74, 6) is 0.224. The highest BCUT2D eigenvalue weighted by atomic mass is 79.9. The van der Waals surface area contributed by atoms with Gasteiger partial charge in [0.15, 0.2) is 5.11 Å². The molecule has 2 aromatic rings. The summed E-state index contributed by atoms with van der Waals surface area (Å²) in [6.45, 7) is -0.235. The molecule has 0 spiro atoms. The zero-order valence-corrected chi connectivity index (χ0v) is 15.5. The molecule has 3 rings (SSSR count). The van der Waals surface area contributed by atoms with Gasteiger partial charge in [-0.1, -0.05) is 28.1 Å². The Hall–Kier alpha value is -2.45. The fourth-order valence-electron chi connectivity index (χ4n) is 2.25. The monoisotopic (exact) mass is 420 g/mol. The number of thiocarbonyl (C=S) groups is 1. The maximum atomic E-state index is 12.3. The zero-order chi connectivity index (χ0) is 18.0. The first kappa shape index (κ1) is 17.4. The largest absolute Gasteiger partial charge is 0.468 e. The standard InChI is InChI=1S/C17H13BrN2O4S/c1-23-15(21)9-20-16(22)13(19-17(20)25)8-12-6-7-14(24-12)10-2-4-11(18)5-3-10/h2-8H,9H2,1H3,(H,19,25)/b13-8-. The van der Waals surface area contributed by atoms with Crippen LogP contribution in [-0.2, 0) is 14.3 Å². The van der Waals surface area contributed by atoms with Crippen LogP contribution in [0.25, 0.3) is 17.4 Å². The maximum absolute atomic E-state index is 12.3. The third-order valence-corrected chi connectivity index (χ3v) is 4.37. The molecule has 0 atom stereocenters. The third kappa shape index (κ3) is 3.80. The number of hydrogen-bond acceptors (Lipinski definition) is 5.